The van der Waals surface area contributed by atoms with Crippen molar-refractivity contribution in [3.8, 4) is 16.8 Å². The van der Waals surface area contributed by atoms with Crippen LogP contribution in [0.5, 0.6) is 0 Å². The molecule has 100 valence electrons. The summed E-state index contributed by atoms with van der Waals surface area (Å²) >= 11 is 0. The third-order valence-electron chi connectivity index (χ3n) is 3.76. The van der Waals surface area contributed by atoms with Crippen molar-refractivity contribution in [1.29, 1.82) is 0 Å². The highest BCUT2D eigenvalue weighted by Crippen LogP contribution is 2.24. The molecule has 1 heterocycles. The molecule has 2 aromatic carbocycles. The molecule has 1 nitrogen and oxygen atoms in total. The second-order valence-corrected chi connectivity index (χ2v) is 5.37. The van der Waals surface area contributed by atoms with E-state index < -0.39 is 0 Å². The Bertz CT molecular complexity index is 713. The van der Waals surface area contributed by atoms with Crippen LogP contribution in [0.2, 0.25) is 0 Å². The summed E-state index contributed by atoms with van der Waals surface area (Å²) in [6.45, 7) is 6.41. The minimum atomic E-state index is 1.23. The Kier molecular flexibility index (Phi) is 3.19. The first-order valence-corrected chi connectivity index (χ1v) is 6.97. The number of hydrogen-bond donors (Lipinski definition) is 0. The zero-order chi connectivity index (χ0) is 14.1. The molecule has 3 aromatic rings. The molecule has 1 aromatic heterocycles. The second-order valence-electron chi connectivity index (χ2n) is 5.37. The average molecular weight is 261 g/mol. The first-order chi connectivity index (χ1) is 9.65. The maximum Gasteiger partial charge on any atom is 0.0461 e. The summed E-state index contributed by atoms with van der Waals surface area (Å²) in [5.41, 5.74) is 7.58. The van der Waals surface area contributed by atoms with Gasteiger partial charge in [-0.1, -0.05) is 42.0 Å². The number of aryl methyl sites for hydroxylation is 3. The van der Waals surface area contributed by atoms with Gasteiger partial charge < -0.3 is 4.57 Å². The molecule has 20 heavy (non-hydrogen) atoms. The zero-order valence-corrected chi connectivity index (χ0v) is 12.2. The minimum absolute atomic E-state index is 1.23. The molecule has 0 saturated heterocycles. The Morgan fingerprint density at radius 1 is 0.650 bits per heavy atom. The van der Waals surface area contributed by atoms with Crippen LogP contribution in [-0.4, -0.2) is 4.57 Å². The Hall–Kier alpha value is -2.28. The molecule has 3 rings (SSSR count). The SMILES string of the molecule is Cc1ccc(-c2cccc(-n3c(C)ccc3C)c2)cc1. The summed E-state index contributed by atoms with van der Waals surface area (Å²) in [5.74, 6) is 0. The van der Waals surface area contributed by atoms with E-state index in [1.165, 1.54) is 33.8 Å². The molecule has 0 saturated carbocycles. The molecular formula is C19H19N. The summed E-state index contributed by atoms with van der Waals surface area (Å²) in [6, 6.07) is 21.7. The lowest BCUT2D eigenvalue weighted by Crippen LogP contribution is -1.98. The largest absolute Gasteiger partial charge is 0.319 e. The molecule has 0 aliphatic carbocycles. The highest BCUT2D eigenvalue weighted by atomic mass is 15.0. The average Bonchev–Trinajstić information content (AvgIpc) is 2.79. The molecule has 0 aliphatic rings. The van der Waals surface area contributed by atoms with Crippen LogP contribution in [0.15, 0.2) is 60.7 Å². The first kappa shape index (κ1) is 12.7. The molecule has 0 spiro atoms. The molecule has 1 heteroatoms. The van der Waals surface area contributed by atoms with Crippen molar-refractivity contribution in [2.45, 2.75) is 20.8 Å². The van der Waals surface area contributed by atoms with Gasteiger partial charge >= 0.3 is 0 Å². The van der Waals surface area contributed by atoms with E-state index in [1.54, 1.807) is 0 Å². The molecule has 0 unspecified atom stereocenters. The highest BCUT2D eigenvalue weighted by Gasteiger charge is 2.05. The van der Waals surface area contributed by atoms with E-state index in [4.69, 9.17) is 0 Å². The van der Waals surface area contributed by atoms with Gasteiger partial charge in [0.25, 0.3) is 0 Å². The van der Waals surface area contributed by atoms with Crippen molar-refractivity contribution in [2.75, 3.05) is 0 Å². The van der Waals surface area contributed by atoms with Crippen LogP contribution in [0, 0.1) is 20.8 Å². The summed E-state index contributed by atoms with van der Waals surface area (Å²) in [4.78, 5) is 0. The van der Waals surface area contributed by atoms with Gasteiger partial charge in [-0.2, -0.15) is 0 Å². The standard InChI is InChI=1S/C19H19N/c1-14-7-11-17(12-8-14)18-5-4-6-19(13-18)20-15(2)9-10-16(20)3/h4-13H,1-3H3. The Morgan fingerprint density at radius 2 is 1.30 bits per heavy atom. The molecular weight excluding hydrogens is 242 g/mol. The van der Waals surface area contributed by atoms with Crippen LogP contribution in [0.4, 0.5) is 0 Å². The maximum absolute atomic E-state index is 2.29. The van der Waals surface area contributed by atoms with Gasteiger partial charge in [-0.15, -0.1) is 0 Å². The molecule has 0 amide bonds. The lowest BCUT2D eigenvalue weighted by Gasteiger charge is -2.11. The normalized spacial score (nSPS) is 10.8. The third kappa shape index (κ3) is 2.27. The van der Waals surface area contributed by atoms with Crippen molar-refractivity contribution in [3.05, 3.63) is 77.6 Å². The number of benzene rings is 2. The number of rotatable bonds is 2. The van der Waals surface area contributed by atoms with Crippen molar-refractivity contribution in [1.82, 2.24) is 4.57 Å². The van der Waals surface area contributed by atoms with E-state index in [0.29, 0.717) is 0 Å². The van der Waals surface area contributed by atoms with Crippen LogP contribution >= 0.6 is 0 Å². The predicted octanol–water partition coefficient (Wildman–Crippen LogP) is 5.07. The van der Waals surface area contributed by atoms with Gasteiger partial charge in [0.05, 0.1) is 0 Å². The van der Waals surface area contributed by atoms with Crippen LogP contribution in [-0.2, 0) is 0 Å². The van der Waals surface area contributed by atoms with Crippen molar-refractivity contribution < 1.29 is 0 Å². The van der Waals surface area contributed by atoms with E-state index in [2.05, 4.69) is 86.0 Å². The summed E-state index contributed by atoms with van der Waals surface area (Å²) in [6.07, 6.45) is 0. The fraction of sp³-hybridized carbons (Fsp3) is 0.158. The van der Waals surface area contributed by atoms with Gasteiger partial charge in [-0.05, 0) is 56.2 Å². The topological polar surface area (TPSA) is 4.93 Å². The molecule has 0 fully saturated rings. The van der Waals surface area contributed by atoms with Gasteiger partial charge in [-0.25, -0.2) is 0 Å². The Morgan fingerprint density at radius 3 is 1.95 bits per heavy atom. The van der Waals surface area contributed by atoms with Crippen molar-refractivity contribution >= 4 is 0 Å². The van der Waals surface area contributed by atoms with Crippen LogP contribution in [0.3, 0.4) is 0 Å². The first-order valence-electron chi connectivity index (χ1n) is 6.97. The fourth-order valence-electron chi connectivity index (χ4n) is 2.65. The number of hydrogen-bond acceptors (Lipinski definition) is 0. The number of aromatic nitrogens is 1. The van der Waals surface area contributed by atoms with Crippen molar-refractivity contribution in [3.63, 3.8) is 0 Å². The summed E-state index contributed by atoms with van der Waals surface area (Å²) in [5, 5.41) is 0. The number of nitrogens with zero attached hydrogens (tertiary/aromatic N) is 1. The van der Waals surface area contributed by atoms with Gasteiger partial charge in [0, 0.05) is 17.1 Å². The van der Waals surface area contributed by atoms with E-state index in [9.17, 15) is 0 Å². The van der Waals surface area contributed by atoms with E-state index in [1.807, 2.05) is 0 Å². The fourth-order valence-corrected chi connectivity index (χ4v) is 2.65. The zero-order valence-electron chi connectivity index (χ0n) is 12.2. The van der Waals surface area contributed by atoms with Crippen LogP contribution < -0.4 is 0 Å². The van der Waals surface area contributed by atoms with Gasteiger partial charge in [0.15, 0.2) is 0 Å². The van der Waals surface area contributed by atoms with Gasteiger partial charge in [0.2, 0.25) is 0 Å². The Balaban J connectivity index is 2.08. The summed E-state index contributed by atoms with van der Waals surface area (Å²) < 4.78 is 2.29. The van der Waals surface area contributed by atoms with Crippen molar-refractivity contribution in [2.24, 2.45) is 0 Å². The molecule has 0 atom stereocenters. The minimum Gasteiger partial charge on any atom is -0.319 e. The van der Waals surface area contributed by atoms with Crippen LogP contribution in [0.25, 0.3) is 16.8 Å². The lowest BCUT2D eigenvalue weighted by molar-refractivity contribution is 0.966. The quantitative estimate of drug-likeness (QED) is 0.607. The highest BCUT2D eigenvalue weighted by molar-refractivity contribution is 5.66. The lowest BCUT2D eigenvalue weighted by atomic mass is 10.0. The van der Waals surface area contributed by atoms with Crippen LogP contribution in [0.1, 0.15) is 17.0 Å². The molecule has 0 radical (unpaired) electrons. The second kappa shape index (κ2) is 5.01. The molecule has 0 bridgehead atoms. The molecule has 0 aliphatic heterocycles. The van der Waals surface area contributed by atoms with Gasteiger partial charge in [0.1, 0.15) is 0 Å². The molecule has 0 N–H and O–H groups in total. The van der Waals surface area contributed by atoms with E-state index in [-0.39, 0.29) is 0 Å². The van der Waals surface area contributed by atoms with Gasteiger partial charge in [-0.3, -0.25) is 0 Å². The summed E-state index contributed by atoms with van der Waals surface area (Å²) in [7, 11) is 0. The predicted molar refractivity (Wildman–Crippen MR) is 85.4 cm³/mol. The maximum atomic E-state index is 2.29. The van der Waals surface area contributed by atoms with E-state index >= 15 is 0 Å². The van der Waals surface area contributed by atoms with E-state index in [0.717, 1.165) is 0 Å². The smallest absolute Gasteiger partial charge is 0.0461 e. The monoisotopic (exact) mass is 261 g/mol. The third-order valence-corrected chi connectivity index (χ3v) is 3.76. The Labute approximate surface area is 120 Å².